The normalized spacial score (nSPS) is 19.5. The SMILES string of the molecule is CC1(C)Cc2cccc(OCC(=O)N[C@H]3CCOc4ccccc43)c2O1. The predicted molar refractivity (Wildman–Crippen MR) is 97.8 cm³/mol. The van der Waals surface area contributed by atoms with Gasteiger partial charge in [0.05, 0.1) is 12.6 Å². The summed E-state index contributed by atoms with van der Waals surface area (Å²) in [5.41, 5.74) is 1.89. The first kappa shape index (κ1) is 16.8. The molecule has 0 unspecified atom stereocenters. The molecule has 0 aliphatic carbocycles. The molecule has 2 heterocycles. The largest absolute Gasteiger partial charge is 0.493 e. The lowest BCUT2D eigenvalue weighted by Gasteiger charge is -2.26. The summed E-state index contributed by atoms with van der Waals surface area (Å²) in [7, 11) is 0. The maximum atomic E-state index is 12.4. The van der Waals surface area contributed by atoms with E-state index in [1.165, 1.54) is 0 Å². The summed E-state index contributed by atoms with van der Waals surface area (Å²) in [6.45, 7) is 4.65. The lowest BCUT2D eigenvalue weighted by molar-refractivity contribution is -0.124. The molecule has 0 aromatic heterocycles. The molecule has 2 aliphatic heterocycles. The second kappa shape index (κ2) is 6.56. The zero-order chi connectivity index (χ0) is 18.1. The van der Waals surface area contributed by atoms with Gasteiger partial charge >= 0.3 is 0 Å². The molecule has 26 heavy (non-hydrogen) atoms. The summed E-state index contributed by atoms with van der Waals surface area (Å²) in [4.78, 5) is 12.4. The quantitative estimate of drug-likeness (QED) is 0.915. The van der Waals surface area contributed by atoms with Crippen LogP contribution in [0.15, 0.2) is 42.5 Å². The van der Waals surface area contributed by atoms with Gasteiger partial charge in [-0.25, -0.2) is 0 Å². The molecule has 2 aliphatic rings. The average molecular weight is 353 g/mol. The second-order valence-electron chi connectivity index (χ2n) is 7.37. The first-order valence-electron chi connectivity index (χ1n) is 8.97. The first-order valence-corrected chi connectivity index (χ1v) is 8.97. The average Bonchev–Trinajstić information content (AvgIpc) is 2.94. The lowest BCUT2D eigenvalue weighted by Crippen LogP contribution is -2.35. The smallest absolute Gasteiger partial charge is 0.258 e. The number of para-hydroxylation sites is 2. The Labute approximate surface area is 153 Å². The van der Waals surface area contributed by atoms with Gasteiger partial charge in [0, 0.05) is 24.0 Å². The fraction of sp³-hybridized carbons (Fsp3) is 0.381. The van der Waals surface area contributed by atoms with Gasteiger partial charge in [0.1, 0.15) is 11.4 Å². The van der Waals surface area contributed by atoms with E-state index in [0.717, 1.165) is 35.5 Å². The summed E-state index contributed by atoms with van der Waals surface area (Å²) in [6.07, 6.45) is 1.59. The monoisotopic (exact) mass is 353 g/mol. The molecule has 0 radical (unpaired) electrons. The van der Waals surface area contributed by atoms with Crippen LogP contribution in [0.4, 0.5) is 0 Å². The van der Waals surface area contributed by atoms with E-state index in [2.05, 4.69) is 5.32 Å². The van der Waals surface area contributed by atoms with E-state index in [9.17, 15) is 4.79 Å². The number of ether oxygens (including phenoxy) is 3. The molecule has 0 bridgehead atoms. The molecule has 0 saturated heterocycles. The molecule has 0 saturated carbocycles. The van der Waals surface area contributed by atoms with Crippen molar-refractivity contribution in [1.82, 2.24) is 5.32 Å². The van der Waals surface area contributed by atoms with Gasteiger partial charge in [-0.3, -0.25) is 4.79 Å². The number of benzene rings is 2. The molecule has 2 aromatic carbocycles. The van der Waals surface area contributed by atoms with E-state index in [1.54, 1.807) is 0 Å². The van der Waals surface area contributed by atoms with Gasteiger partial charge in [-0.1, -0.05) is 30.3 Å². The maximum absolute atomic E-state index is 12.4. The van der Waals surface area contributed by atoms with Gasteiger partial charge in [0.2, 0.25) is 0 Å². The number of fused-ring (bicyclic) bond motifs is 2. The third-order valence-corrected chi connectivity index (χ3v) is 4.71. The molecule has 1 N–H and O–H groups in total. The topological polar surface area (TPSA) is 56.8 Å². The van der Waals surface area contributed by atoms with Crippen LogP contribution < -0.4 is 19.5 Å². The third kappa shape index (κ3) is 3.34. The Morgan fingerprint density at radius 1 is 1.23 bits per heavy atom. The van der Waals surface area contributed by atoms with Gasteiger partial charge < -0.3 is 19.5 Å². The number of rotatable bonds is 4. The highest BCUT2D eigenvalue weighted by atomic mass is 16.5. The van der Waals surface area contributed by atoms with E-state index in [0.29, 0.717) is 12.4 Å². The Balaban J connectivity index is 1.40. The summed E-state index contributed by atoms with van der Waals surface area (Å²) < 4.78 is 17.4. The van der Waals surface area contributed by atoms with Crippen molar-refractivity contribution >= 4 is 5.91 Å². The molecule has 0 spiro atoms. The molecule has 5 heteroatoms. The van der Waals surface area contributed by atoms with Crippen LogP contribution >= 0.6 is 0 Å². The number of carbonyl (C=O) groups is 1. The molecule has 5 nitrogen and oxygen atoms in total. The summed E-state index contributed by atoms with van der Waals surface area (Å²) in [5.74, 6) is 2.06. The predicted octanol–water partition coefficient (Wildman–Crippen LogP) is 3.42. The number of nitrogens with one attached hydrogen (secondary N) is 1. The van der Waals surface area contributed by atoms with Gasteiger partial charge in [0.15, 0.2) is 18.1 Å². The van der Waals surface area contributed by atoms with Crippen LogP contribution in [0.5, 0.6) is 17.2 Å². The maximum Gasteiger partial charge on any atom is 0.258 e. The fourth-order valence-corrected chi connectivity index (χ4v) is 3.57. The van der Waals surface area contributed by atoms with Crippen LogP contribution in [0.1, 0.15) is 37.4 Å². The van der Waals surface area contributed by atoms with Crippen molar-refractivity contribution in [2.75, 3.05) is 13.2 Å². The van der Waals surface area contributed by atoms with Gasteiger partial charge in [-0.05, 0) is 26.0 Å². The van der Waals surface area contributed by atoms with E-state index in [-0.39, 0.29) is 24.2 Å². The van der Waals surface area contributed by atoms with Crippen LogP contribution in [-0.4, -0.2) is 24.7 Å². The minimum absolute atomic E-state index is 0.0419. The summed E-state index contributed by atoms with van der Waals surface area (Å²) in [6, 6.07) is 13.6. The third-order valence-electron chi connectivity index (χ3n) is 4.71. The van der Waals surface area contributed by atoms with Crippen molar-refractivity contribution in [3.05, 3.63) is 53.6 Å². The molecule has 136 valence electrons. The van der Waals surface area contributed by atoms with Crippen molar-refractivity contribution < 1.29 is 19.0 Å². The standard InChI is InChI=1S/C21H23NO4/c1-21(2)12-14-6-5-9-18(20(14)26-21)25-13-19(23)22-16-10-11-24-17-8-4-3-7-15(16)17/h3-9,16H,10-13H2,1-2H3,(H,22,23)/t16-/m0/s1. The highest BCUT2D eigenvalue weighted by Gasteiger charge is 2.32. The summed E-state index contributed by atoms with van der Waals surface area (Å²) >= 11 is 0. The molecule has 4 rings (SSSR count). The fourth-order valence-electron chi connectivity index (χ4n) is 3.57. The lowest BCUT2D eigenvalue weighted by atomic mass is 10.0. The van der Waals surface area contributed by atoms with Crippen LogP contribution in [-0.2, 0) is 11.2 Å². The van der Waals surface area contributed by atoms with Gasteiger partial charge in [-0.2, -0.15) is 0 Å². The van der Waals surface area contributed by atoms with Crippen molar-refractivity contribution in [3.8, 4) is 17.2 Å². The highest BCUT2D eigenvalue weighted by Crippen LogP contribution is 2.41. The molecule has 1 atom stereocenters. The van der Waals surface area contributed by atoms with Crippen LogP contribution in [0.3, 0.4) is 0 Å². The molecule has 1 amide bonds. The molecular formula is C21H23NO4. The Bertz CT molecular complexity index is 831. The van der Waals surface area contributed by atoms with Crippen LogP contribution in [0.25, 0.3) is 0 Å². The Hall–Kier alpha value is -2.69. The van der Waals surface area contributed by atoms with Gasteiger partial charge in [0.25, 0.3) is 5.91 Å². The van der Waals surface area contributed by atoms with Crippen molar-refractivity contribution in [3.63, 3.8) is 0 Å². The zero-order valence-electron chi connectivity index (χ0n) is 15.1. The highest BCUT2D eigenvalue weighted by molar-refractivity contribution is 5.78. The first-order chi connectivity index (χ1) is 12.5. The van der Waals surface area contributed by atoms with Crippen molar-refractivity contribution in [1.29, 1.82) is 0 Å². The molecular weight excluding hydrogens is 330 g/mol. The van der Waals surface area contributed by atoms with Gasteiger partial charge in [-0.15, -0.1) is 0 Å². The van der Waals surface area contributed by atoms with Crippen molar-refractivity contribution in [2.45, 2.75) is 38.3 Å². The minimum Gasteiger partial charge on any atom is -0.493 e. The number of amides is 1. The van der Waals surface area contributed by atoms with E-state index >= 15 is 0 Å². The Morgan fingerprint density at radius 2 is 2.08 bits per heavy atom. The van der Waals surface area contributed by atoms with E-state index in [4.69, 9.17) is 14.2 Å². The van der Waals surface area contributed by atoms with Crippen molar-refractivity contribution in [2.24, 2.45) is 0 Å². The Kier molecular flexibility index (Phi) is 4.23. The minimum atomic E-state index is -0.240. The van der Waals surface area contributed by atoms with E-state index < -0.39 is 0 Å². The Morgan fingerprint density at radius 3 is 2.96 bits per heavy atom. The van der Waals surface area contributed by atoms with E-state index in [1.807, 2.05) is 56.3 Å². The number of hydrogen-bond acceptors (Lipinski definition) is 4. The summed E-state index contributed by atoms with van der Waals surface area (Å²) in [5, 5.41) is 3.04. The molecule has 2 aromatic rings. The zero-order valence-corrected chi connectivity index (χ0v) is 15.1. The van der Waals surface area contributed by atoms with Crippen LogP contribution in [0, 0.1) is 0 Å². The number of carbonyl (C=O) groups excluding carboxylic acids is 1. The molecule has 0 fully saturated rings. The number of hydrogen-bond donors (Lipinski definition) is 1. The van der Waals surface area contributed by atoms with Crippen LogP contribution in [0.2, 0.25) is 0 Å². The second-order valence-corrected chi connectivity index (χ2v) is 7.37.